The average molecular weight is 268 g/mol. The molecule has 0 bridgehead atoms. The van der Waals surface area contributed by atoms with E-state index < -0.39 is 17.8 Å². The maximum atomic E-state index is 13.9. The molecule has 3 atom stereocenters. The van der Waals surface area contributed by atoms with Crippen LogP contribution in [0.15, 0.2) is 24.3 Å². The van der Waals surface area contributed by atoms with Crippen molar-refractivity contribution < 1.29 is 14.3 Å². The second-order valence-electron chi connectivity index (χ2n) is 4.67. The number of benzene rings is 1. The first kappa shape index (κ1) is 11.5. The van der Waals surface area contributed by atoms with Crippen LogP contribution in [0.25, 0.3) is 0 Å². The van der Waals surface area contributed by atoms with Crippen LogP contribution in [0.1, 0.15) is 17.9 Å². The van der Waals surface area contributed by atoms with Gasteiger partial charge in [0.2, 0.25) is 0 Å². The summed E-state index contributed by atoms with van der Waals surface area (Å²) in [5, 5.41) is 12.3. The Labute approximate surface area is 108 Å². The summed E-state index contributed by atoms with van der Waals surface area (Å²) in [6, 6.07) is 2.15. The fraction of sp³-hybridized carbons (Fsp3) is 0.308. The van der Waals surface area contributed by atoms with Crippen LogP contribution in [0, 0.1) is 11.7 Å². The third-order valence-electron chi connectivity index (χ3n) is 3.65. The lowest BCUT2D eigenvalue weighted by atomic mass is 9.79. The Morgan fingerprint density at radius 3 is 3.00 bits per heavy atom. The van der Waals surface area contributed by atoms with Crippen molar-refractivity contribution in [2.24, 2.45) is 5.92 Å². The lowest BCUT2D eigenvalue weighted by Gasteiger charge is -2.34. The molecule has 3 nitrogen and oxygen atoms in total. The zero-order valence-electron chi connectivity index (χ0n) is 9.36. The van der Waals surface area contributed by atoms with Crippen molar-refractivity contribution in [1.82, 2.24) is 0 Å². The third-order valence-corrected chi connectivity index (χ3v) is 3.87. The van der Waals surface area contributed by atoms with Gasteiger partial charge in [-0.05, 0) is 24.1 Å². The van der Waals surface area contributed by atoms with Gasteiger partial charge in [-0.15, -0.1) is 0 Å². The van der Waals surface area contributed by atoms with Crippen LogP contribution in [0.4, 0.5) is 10.1 Å². The Balaban J connectivity index is 2.14. The number of aliphatic carboxylic acids is 1. The van der Waals surface area contributed by atoms with E-state index in [9.17, 15) is 14.3 Å². The fourth-order valence-electron chi connectivity index (χ4n) is 2.87. The number of fused-ring (bicyclic) bond motifs is 3. The molecule has 3 rings (SSSR count). The van der Waals surface area contributed by atoms with Gasteiger partial charge in [0.15, 0.2) is 0 Å². The van der Waals surface area contributed by atoms with Gasteiger partial charge in [-0.25, -0.2) is 9.18 Å². The second-order valence-corrected chi connectivity index (χ2v) is 5.10. The van der Waals surface area contributed by atoms with Gasteiger partial charge in [0.1, 0.15) is 11.9 Å². The van der Waals surface area contributed by atoms with E-state index in [2.05, 4.69) is 5.32 Å². The molecular weight excluding hydrogens is 257 g/mol. The van der Waals surface area contributed by atoms with Crippen molar-refractivity contribution in [2.45, 2.75) is 18.4 Å². The highest BCUT2D eigenvalue weighted by Crippen LogP contribution is 2.46. The molecule has 1 aromatic carbocycles. The number of nitrogens with one attached hydrogen (secondary N) is 1. The van der Waals surface area contributed by atoms with Crippen molar-refractivity contribution in [3.8, 4) is 0 Å². The average Bonchev–Trinajstić information content (AvgIpc) is 2.76. The van der Waals surface area contributed by atoms with Gasteiger partial charge in [0.25, 0.3) is 0 Å². The SMILES string of the molecule is O=C(O)[C@@H]1Nc2c(F)cc(Cl)cc2[C@@H]2C=CC[C@@H]12. The fourth-order valence-corrected chi connectivity index (χ4v) is 3.08. The Bertz CT molecular complexity index is 558. The molecule has 0 amide bonds. The number of carbonyl (C=O) groups is 1. The third kappa shape index (κ3) is 1.60. The highest BCUT2D eigenvalue weighted by Gasteiger charge is 2.41. The Kier molecular flexibility index (Phi) is 2.55. The minimum atomic E-state index is -0.950. The largest absolute Gasteiger partial charge is 0.480 e. The topological polar surface area (TPSA) is 49.3 Å². The first-order valence-corrected chi connectivity index (χ1v) is 6.10. The maximum absolute atomic E-state index is 13.9. The first-order valence-electron chi connectivity index (χ1n) is 5.73. The van der Waals surface area contributed by atoms with E-state index in [0.717, 1.165) is 5.56 Å². The van der Waals surface area contributed by atoms with Gasteiger partial charge in [0, 0.05) is 16.9 Å². The van der Waals surface area contributed by atoms with Crippen molar-refractivity contribution in [2.75, 3.05) is 5.32 Å². The summed E-state index contributed by atoms with van der Waals surface area (Å²) in [6.45, 7) is 0. The zero-order chi connectivity index (χ0) is 12.9. The van der Waals surface area contributed by atoms with Gasteiger partial charge >= 0.3 is 5.97 Å². The van der Waals surface area contributed by atoms with Gasteiger partial charge in [-0.1, -0.05) is 23.8 Å². The number of carboxylic acids is 1. The van der Waals surface area contributed by atoms with Crippen LogP contribution >= 0.6 is 11.6 Å². The quantitative estimate of drug-likeness (QED) is 0.769. The van der Waals surface area contributed by atoms with Crippen molar-refractivity contribution in [3.05, 3.63) is 40.7 Å². The molecule has 1 aliphatic heterocycles. The summed E-state index contributed by atoms with van der Waals surface area (Å²) in [6.07, 6.45) is 4.57. The number of halogens is 2. The van der Waals surface area contributed by atoms with Crippen LogP contribution in [0.3, 0.4) is 0 Å². The standard InChI is InChI=1S/C13H11ClFNO2/c14-6-4-9-7-2-1-3-8(7)12(13(17)18)16-11(9)10(15)5-6/h1-2,4-5,7-8,12,16H,3H2,(H,17,18)/t7-,8-,12-/m1/s1. The molecule has 5 heteroatoms. The molecule has 2 aliphatic rings. The molecule has 0 aromatic heterocycles. The van der Waals surface area contributed by atoms with Crippen molar-refractivity contribution in [3.63, 3.8) is 0 Å². The van der Waals surface area contributed by atoms with E-state index >= 15 is 0 Å². The predicted octanol–water partition coefficient (Wildman–Crippen LogP) is 3.02. The lowest BCUT2D eigenvalue weighted by molar-refractivity contribution is -0.139. The molecule has 94 valence electrons. The lowest BCUT2D eigenvalue weighted by Crippen LogP contribution is -2.42. The molecule has 0 saturated heterocycles. The first-order chi connectivity index (χ1) is 8.58. The molecule has 0 radical (unpaired) electrons. The molecule has 0 saturated carbocycles. The predicted molar refractivity (Wildman–Crippen MR) is 66.4 cm³/mol. The van der Waals surface area contributed by atoms with Crippen molar-refractivity contribution >= 4 is 23.3 Å². The van der Waals surface area contributed by atoms with Crippen LogP contribution in [-0.2, 0) is 4.79 Å². The number of hydrogen-bond acceptors (Lipinski definition) is 2. The van der Waals surface area contributed by atoms with Crippen LogP contribution in [-0.4, -0.2) is 17.1 Å². The van der Waals surface area contributed by atoms with Gasteiger partial charge in [-0.3, -0.25) is 0 Å². The van der Waals surface area contributed by atoms with Gasteiger partial charge in [0.05, 0.1) is 5.69 Å². The maximum Gasteiger partial charge on any atom is 0.326 e. The van der Waals surface area contributed by atoms with E-state index in [4.69, 9.17) is 11.6 Å². The normalized spacial score (nSPS) is 28.4. The Hall–Kier alpha value is -1.55. The molecule has 18 heavy (non-hydrogen) atoms. The minimum absolute atomic E-state index is 0.0736. The Morgan fingerprint density at radius 2 is 2.28 bits per heavy atom. The summed E-state index contributed by atoms with van der Waals surface area (Å²) in [5.74, 6) is -1.60. The van der Waals surface area contributed by atoms with E-state index in [1.807, 2.05) is 12.2 Å². The summed E-state index contributed by atoms with van der Waals surface area (Å²) in [7, 11) is 0. The highest BCUT2D eigenvalue weighted by atomic mass is 35.5. The van der Waals surface area contributed by atoms with Gasteiger partial charge < -0.3 is 10.4 Å². The number of rotatable bonds is 1. The van der Waals surface area contributed by atoms with E-state index in [-0.39, 0.29) is 17.5 Å². The van der Waals surface area contributed by atoms with Crippen LogP contribution < -0.4 is 5.32 Å². The molecule has 0 fully saturated rings. The number of anilines is 1. The van der Waals surface area contributed by atoms with E-state index in [1.54, 1.807) is 6.07 Å². The van der Waals surface area contributed by atoms with E-state index in [1.165, 1.54) is 6.07 Å². The minimum Gasteiger partial charge on any atom is -0.480 e. The monoisotopic (exact) mass is 267 g/mol. The van der Waals surface area contributed by atoms with Crippen LogP contribution in [0.5, 0.6) is 0 Å². The number of allylic oxidation sites excluding steroid dienone is 2. The van der Waals surface area contributed by atoms with Crippen molar-refractivity contribution in [1.29, 1.82) is 0 Å². The summed E-state index contributed by atoms with van der Waals surface area (Å²) < 4.78 is 13.9. The summed E-state index contributed by atoms with van der Waals surface area (Å²) >= 11 is 5.86. The second kappa shape index (κ2) is 3.99. The molecule has 1 aromatic rings. The number of carboxylic acid groups (broad SMARTS) is 1. The molecule has 1 aliphatic carbocycles. The Morgan fingerprint density at radius 1 is 1.50 bits per heavy atom. The molecular formula is C13H11ClFNO2. The molecule has 0 spiro atoms. The number of hydrogen-bond donors (Lipinski definition) is 2. The summed E-state index contributed by atoms with van der Waals surface area (Å²) in [4.78, 5) is 11.2. The molecule has 0 unspecified atom stereocenters. The molecule has 1 heterocycles. The van der Waals surface area contributed by atoms with E-state index in [0.29, 0.717) is 11.4 Å². The zero-order valence-corrected chi connectivity index (χ0v) is 10.1. The smallest absolute Gasteiger partial charge is 0.326 e. The van der Waals surface area contributed by atoms with Gasteiger partial charge in [-0.2, -0.15) is 0 Å². The summed E-state index contributed by atoms with van der Waals surface area (Å²) in [5.41, 5.74) is 1.01. The molecule has 2 N–H and O–H groups in total. The van der Waals surface area contributed by atoms with Crippen LogP contribution in [0.2, 0.25) is 5.02 Å². The highest BCUT2D eigenvalue weighted by molar-refractivity contribution is 6.30.